The number of thioether (sulfide) groups is 1. The van der Waals surface area contributed by atoms with Gasteiger partial charge in [-0.2, -0.15) is 11.8 Å². The van der Waals surface area contributed by atoms with Crippen molar-refractivity contribution in [3.05, 3.63) is 0 Å². The van der Waals surface area contributed by atoms with Crippen LogP contribution in [0.15, 0.2) is 0 Å². The maximum Gasteiger partial charge on any atom is 0.241 e. The Morgan fingerprint density at radius 3 is 2.52 bits per heavy atom. The zero-order chi connectivity index (χ0) is 16.6. The molecule has 0 aromatic carbocycles. The third-order valence-corrected chi connectivity index (χ3v) is 7.94. The number of carbonyl (C=O) groups is 1. The molecular formula is C17H33ClN2O2S. The molecule has 3 N–H and O–H groups in total. The van der Waals surface area contributed by atoms with Crippen molar-refractivity contribution in [2.45, 2.75) is 69.8 Å². The van der Waals surface area contributed by atoms with E-state index in [2.05, 4.69) is 39.3 Å². The number of carbonyl (C=O) groups excluding carboxylic acids is 1. The van der Waals surface area contributed by atoms with E-state index in [4.69, 9.17) is 10.5 Å². The second-order valence-corrected chi connectivity index (χ2v) is 8.68. The lowest BCUT2D eigenvalue weighted by Crippen LogP contribution is -2.82. The molecule has 0 radical (unpaired) electrons. The minimum absolute atomic E-state index is 0. The Bertz CT molecular complexity index is 421. The van der Waals surface area contributed by atoms with Gasteiger partial charge in [0, 0.05) is 29.2 Å². The van der Waals surface area contributed by atoms with Gasteiger partial charge in [-0.1, -0.05) is 27.7 Å². The average Bonchev–Trinajstić information content (AvgIpc) is 2.55. The van der Waals surface area contributed by atoms with Crippen molar-refractivity contribution in [1.82, 2.24) is 5.32 Å². The molecule has 4 nitrogen and oxygen atoms in total. The topological polar surface area (TPSA) is 64.4 Å². The normalized spacial score (nSPS) is 32.3. The summed E-state index contributed by atoms with van der Waals surface area (Å²) in [4.78, 5) is 12.9. The summed E-state index contributed by atoms with van der Waals surface area (Å²) in [7, 11) is 0. The lowest BCUT2D eigenvalue weighted by molar-refractivity contribution is -0.225. The third-order valence-electron chi connectivity index (χ3n) is 6.35. The van der Waals surface area contributed by atoms with Crippen LogP contribution in [0.25, 0.3) is 0 Å². The molecule has 2 rings (SSSR count). The first-order chi connectivity index (χ1) is 10.3. The Morgan fingerprint density at radius 1 is 1.39 bits per heavy atom. The van der Waals surface area contributed by atoms with Gasteiger partial charge in [0.25, 0.3) is 0 Å². The molecule has 6 heteroatoms. The summed E-state index contributed by atoms with van der Waals surface area (Å²) in [6, 6.07) is 0. The summed E-state index contributed by atoms with van der Waals surface area (Å²) in [5.74, 6) is 0.160. The molecule has 2 aliphatic rings. The Hall–Kier alpha value is 0.0300. The van der Waals surface area contributed by atoms with Crippen LogP contribution in [0.2, 0.25) is 0 Å². The zero-order valence-corrected chi connectivity index (χ0v) is 16.7. The van der Waals surface area contributed by atoms with Crippen LogP contribution < -0.4 is 11.1 Å². The Balaban J connectivity index is 0.00000264. The van der Waals surface area contributed by atoms with Gasteiger partial charge in [-0.3, -0.25) is 4.79 Å². The monoisotopic (exact) mass is 364 g/mol. The van der Waals surface area contributed by atoms with Gasteiger partial charge in [-0.05, 0) is 31.9 Å². The van der Waals surface area contributed by atoms with E-state index in [9.17, 15) is 4.79 Å². The maximum atomic E-state index is 12.9. The number of rotatable bonds is 6. The molecule has 0 aromatic rings. The number of fused-ring (bicyclic) bond motifs is 1. The molecule has 23 heavy (non-hydrogen) atoms. The van der Waals surface area contributed by atoms with Gasteiger partial charge in [0.1, 0.15) is 5.54 Å². The molecule has 0 aromatic heterocycles. The highest BCUT2D eigenvalue weighted by molar-refractivity contribution is 8.00. The molecule has 1 heterocycles. The van der Waals surface area contributed by atoms with Crippen molar-refractivity contribution < 1.29 is 9.53 Å². The minimum atomic E-state index is -0.802. The third kappa shape index (κ3) is 3.14. The molecular weight excluding hydrogens is 332 g/mol. The number of ether oxygens (including phenoxy) is 1. The lowest BCUT2D eigenvalue weighted by Gasteiger charge is -2.65. The smallest absolute Gasteiger partial charge is 0.241 e. The van der Waals surface area contributed by atoms with Gasteiger partial charge >= 0.3 is 0 Å². The van der Waals surface area contributed by atoms with Gasteiger partial charge in [0.05, 0.1) is 6.10 Å². The van der Waals surface area contributed by atoms with Crippen LogP contribution in [0.3, 0.4) is 0 Å². The van der Waals surface area contributed by atoms with Crippen molar-refractivity contribution in [3.63, 3.8) is 0 Å². The number of amides is 1. The quantitative estimate of drug-likeness (QED) is 0.760. The first-order valence-electron chi connectivity index (χ1n) is 8.53. The Kier molecular flexibility index (Phi) is 6.88. The molecule has 0 bridgehead atoms. The van der Waals surface area contributed by atoms with Crippen molar-refractivity contribution in [1.29, 1.82) is 0 Å². The summed E-state index contributed by atoms with van der Waals surface area (Å²) in [6.45, 7) is 9.99. The minimum Gasteiger partial charge on any atom is -0.377 e. The first-order valence-corrected chi connectivity index (χ1v) is 9.75. The van der Waals surface area contributed by atoms with Crippen LogP contribution in [0.1, 0.15) is 53.4 Å². The number of nitrogens with one attached hydrogen (secondary N) is 1. The standard InChI is InChI=1S/C17H32N2O2S.ClH/c1-6-16(7-2,22-5)11-19-14(20)17(18)12-9-8-10-21-13(12)15(17,3)4;/h12-13H,6-11,18H2,1-5H3,(H,19,20);1H. The van der Waals surface area contributed by atoms with Crippen molar-refractivity contribution >= 4 is 30.1 Å². The summed E-state index contributed by atoms with van der Waals surface area (Å²) in [5, 5.41) is 3.17. The molecule has 1 amide bonds. The van der Waals surface area contributed by atoms with Crippen LogP contribution in [0, 0.1) is 11.3 Å². The van der Waals surface area contributed by atoms with Crippen LogP contribution in [0.5, 0.6) is 0 Å². The SMILES string of the molecule is CCC(CC)(CNC(=O)C1(N)C2CCCOC2C1(C)C)SC.Cl. The predicted molar refractivity (Wildman–Crippen MR) is 100 cm³/mol. The Labute approximate surface area is 151 Å². The van der Waals surface area contributed by atoms with E-state index in [0.29, 0.717) is 6.54 Å². The number of halogens is 1. The number of nitrogens with two attached hydrogens (primary N) is 1. The summed E-state index contributed by atoms with van der Waals surface area (Å²) < 4.78 is 6.00. The van der Waals surface area contributed by atoms with E-state index in [1.165, 1.54) is 0 Å². The summed E-state index contributed by atoms with van der Waals surface area (Å²) >= 11 is 1.84. The van der Waals surface area contributed by atoms with E-state index in [1.54, 1.807) is 0 Å². The Morgan fingerprint density at radius 2 is 2.00 bits per heavy atom. The van der Waals surface area contributed by atoms with Gasteiger partial charge in [0.15, 0.2) is 0 Å². The summed E-state index contributed by atoms with van der Waals surface area (Å²) in [6.07, 6.45) is 6.33. The van der Waals surface area contributed by atoms with Crippen LogP contribution in [0.4, 0.5) is 0 Å². The van der Waals surface area contributed by atoms with Crippen molar-refractivity contribution in [2.75, 3.05) is 19.4 Å². The molecule has 1 aliphatic carbocycles. The van der Waals surface area contributed by atoms with Gasteiger partial charge in [0.2, 0.25) is 5.91 Å². The van der Waals surface area contributed by atoms with E-state index >= 15 is 0 Å². The number of hydrogen-bond donors (Lipinski definition) is 2. The van der Waals surface area contributed by atoms with Gasteiger partial charge in [-0.25, -0.2) is 0 Å². The second kappa shape index (κ2) is 7.51. The van der Waals surface area contributed by atoms with Gasteiger partial charge < -0.3 is 15.8 Å². The fourth-order valence-electron chi connectivity index (χ4n) is 4.29. The average molecular weight is 365 g/mol. The zero-order valence-electron chi connectivity index (χ0n) is 15.1. The summed E-state index contributed by atoms with van der Waals surface area (Å²) in [5.41, 5.74) is 5.53. The van der Waals surface area contributed by atoms with E-state index in [0.717, 1.165) is 32.3 Å². The number of hydrogen-bond acceptors (Lipinski definition) is 4. The fourth-order valence-corrected chi connectivity index (χ4v) is 5.08. The second-order valence-electron chi connectivity index (χ2n) is 7.41. The van der Waals surface area contributed by atoms with Crippen LogP contribution in [-0.2, 0) is 9.53 Å². The fraction of sp³-hybridized carbons (Fsp3) is 0.941. The molecule has 1 saturated heterocycles. The lowest BCUT2D eigenvalue weighted by atomic mass is 9.46. The molecule has 3 unspecified atom stereocenters. The van der Waals surface area contributed by atoms with Crippen LogP contribution in [-0.4, -0.2) is 41.7 Å². The highest BCUT2D eigenvalue weighted by Gasteiger charge is 2.70. The van der Waals surface area contributed by atoms with E-state index < -0.39 is 5.54 Å². The highest BCUT2D eigenvalue weighted by Crippen LogP contribution is 2.57. The van der Waals surface area contributed by atoms with Crippen LogP contribution >= 0.6 is 24.2 Å². The van der Waals surface area contributed by atoms with E-state index in [1.807, 2.05) is 11.8 Å². The first kappa shape index (κ1) is 21.1. The molecule has 1 saturated carbocycles. The predicted octanol–water partition coefficient (Wildman–Crippen LogP) is 2.98. The maximum absolute atomic E-state index is 12.9. The van der Waals surface area contributed by atoms with Gasteiger partial charge in [-0.15, -0.1) is 12.4 Å². The molecule has 0 spiro atoms. The largest absolute Gasteiger partial charge is 0.377 e. The molecule has 1 aliphatic heterocycles. The molecule has 136 valence electrons. The van der Waals surface area contributed by atoms with Crippen molar-refractivity contribution in [2.24, 2.45) is 17.1 Å². The van der Waals surface area contributed by atoms with Crippen molar-refractivity contribution in [3.8, 4) is 0 Å². The molecule has 2 fully saturated rings. The molecule has 3 atom stereocenters. The van der Waals surface area contributed by atoms with E-state index in [-0.39, 0.29) is 40.5 Å². The highest BCUT2D eigenvalue weighted by atomic mass is 35.5.